The van der Waals surface area contributed by atoms with Crippen molar-refractivity contribution in [2.45, 2.75) is 25.5 Å². The van der Waals surface area contributed by atoms with E-state index in [1.807, 2.05) is 4.68 Å². The monoisotopic (exact) mass is 247 g/mol. The first-order chi connectivity index (χ1) is 8.75. The zero-order valence-corrected chi connectivity index (χ0v) is 9.78. The topological polar surface area (TPSA) is 70.2 Å². The van der Waals surface area contributed by atoms with E-state index in [0.29, 0.717) is 0 Å². The van der Waals surface area contributed by atoms with Crippen molar-refractivity contribution < 1.29 is 9.66 Å². The van der Waals surface area contributed by atoms with Gasteiger partial charge in [0.25, 0.3) is 5.69 Å². The van der Waals surface area contributed by atoms with Gasteiger partial charge in [-0.1, -0.05) is 0 Å². The molecule has 2 heterocycles. The minimum atomic E-state index is -0.395. The number of nitrogens with zero attached hydrogens (tertiary/aromatic N) is 3. The average molecular weight is 247 g/mol. The van der Waals surface area contributed by atoms with E-state index < -0.39 is 4.92 Å². The maximum Gasteiger partial charge on any atom is 0.270 e. The van der Waals surface area contributed by atoms with Gasteiger partial charge in [-0.25, -0.2) is 4.68 Å². The second kappa shape index (κ2) is 4.38. The average Bonchev–Trinajstić information content (AvgIpc) is 2.82. The van der Waals surface area contributed by atoms with Gasteiger partial charge < -0.3 is 4.74 Å². The molecule has 18 heavy (non-hydrogen) atoms. The Hall–Kier alpha value is -1.95. The lowest BCUT2D eigenvalue weighted by atomic mass is 10.2. The van der Waals surface area contributed by atoms with Gasteiger partial charge in [-0.3, -0.25) is 10.1 Å². The second-order valence-corrected chi connectivity index (χ2v) is 4.41. The van der Waals surface area contributed by atoms with Gasteiger partial charge in [0, 0.05) is 24.1 Å². The molecule has 3 rings (SSSR count). The van der Waals surface area contributed by atoms with Crippen LogP contribution in [0.4, 0.5) is 5.69 Å². The highest BCUT2D eigenvalue weighted by molar-refractivity contribution is 5.81. The summed E-state index contributed by atoms with van der Waals surface area (Å²) in [5, 5.41) is 15.8. The lowest BCUT2D eigenvalue weighted by molar-refractivity contribution is -0.384. The van der Waals surface area contributed by atoms with Crippen molar-refractivity contribution in [1.29, 1.82) is 0 Å². The molecule has 0 aliphatic carbocycles. The fraction of sp³-hybridized carbons (Fsp3) is 0.417. The summed E-state index contributed by atoms with van der Waals surface area (Å²) in [4.78, 5) is 10.3. The molecule has 6 nitrogen and oxygen atoms in total. The molecule has 1 aliphatic rings. The molecule has 1 atom stereocenters. The molecule has 0 unspecified atom stereocenters. The quantitative estimate of drug-likeness (QED) is 0.604. The lowest BCUT2D eigenvalue weighted by Gasteiger charge is -2.23. The number of fused-ring (bicyclic) bond motifs is 1. The van der Waals surface area contributed by atoms with E-state index in [0.717, 1.165) is 36.8 Å². The minimum absolute atomic E-state index is 0.0438. The maximum atomic E-state index is 10.7. The lowest BCUT2D eigenvalue weighted by Crippen LogP contribution is -2.18. The molecule has 1 aromatic carbocycles. The van der Waals surface area contributed by atoms with Crippen molar-refractivity contribution in [2.24, 2.45) is 0 Å². The first-order valence-electron chi connectivity index (χ1n) is 5.99. The van der Waals surface area contributed by atoms with E-state index in [2.05, 4.69) is 5.10 Å². The van der Waals surface area contributed by atoms with Gasteiger partial charge in [-0.2, -0.15) is 5.10 Å². The van der Waals surface area contributed by atoms with Crippen LogP contribution in [-0.4, -0.2) is 21.3 Å². The molecule has 0 bridgehead atoms. The van der Waals surface area contributed by atoms with Gasteiger partial charge in [0.2, 0.25) is 0 Å². The van der Waals surface area contributed by atoms with E-state index in [-0.39, 0.29) is 11.9 Å². The molecule has 0 N–H and O–H groups in total. The van der Waals surface area contributed by atoms with Crippen molar-refractivity contribution in [1.82, 2.24) is 9.78 Å². The molecule has 0 radical (unpaired) electrons. The van der Waals surface area contributed by atoms with Crippen LogP contribution in [0, 0.1) is 10.1 Å². The van der Waals surface area contributed by atoms with Crippen LogP contribution in [0.2, 0.25) is 0 Å². The van der Waals surface area contributed by atoms with Crippen LogP contribution in [0.1, 0.15) is 25.5 Å². The molecular weight excluding hydrogens is 234 g/mol. The van der Waals surface area contributed by atoms with Crippen molar-refractivity contribution >= 4 is 16.6 Å². The fourth-order valence-electron chi connectivity index (χ4n) is 2.30. The van der Waals surface area contributed by atoms with Crippen LogP contribution in [0.25, 0.3) is 10.9 Å². The summed E-state index contributed by atoms with van der Waals surface area (Å²) in [7, 11) is 0. The Morgan fingerprint density at radius 2 is 2.33 bits per heavy atom. The second-order valence-electron chi connectivity index (χ2n) is 4.41. The summed E-state index contributed by atoms with van der Waals surface area (Å²) in [6, 6.07) is 4.78. The number of aromatic nitrogens is 2. The Labute approximate surface area is 103 Å². The van der Waals surface area contributed by atoms with Gasteiger partial charge in [-0.15, -0.1) is 0 Å². The molecule has 0 amide bonds. The molecule has 0 spiro atoms. The highest BCUT2D eigenvalue weighted by atomic mass is 16.6. The number of hydrogen-bond acceptors (Lipinski definition) is 4. The summed E-state index contributed by atoms with van der Waals surface area (Å²) < 4.78 is 7.49. The van der Waals surface area contributed by atoms with E-state index in [1.54, 1.807) is 18.3 Å². The highest BCUT2D eigenvalue weighted by Gasteiger charge is 2.19. The van der Waals surface area contributed by atoms with Gasteiger partial charge >= 0.3 is 0 Å². The molecular formula is C12H13N3O3. The molecule has 2 aromatic rings. The van der Waals surface area contributed by atoms with Crippen molar-refractivity contribution in [3.8, 4) is 0 Å². The van der Waals surface area contributed by atoms with Gasteiger partial charge in [-0.05, 0) is 25.3 Å². The smallest absolute Gasteiger partial charge is 0.270 e. The van der Waals surface area contributed by atoms with Crippen LogP contribution < -0.4 is 0 Å². The van der Waals surface area contributed by atoms with Crippen LogP contribution in [0.5, 0.6) is 0 Å². The number of benzene rings is 1. The fourth-order valence-corrected chi connectivity index (χ4v) is 2.30. The van der Waals surface area contributed by atoms with Gasteiger partial charge in [0.1, 0.15) is 0 Å². The van der Waals surface area contributed by atoms with E-state index in [9.17, 15) is 10.1 Å². The number of ether oxygens (including phenoxy) is 1. The predicted molar refractivity (Wildman–Crippen MR) is 65.2 cm³/mol. The van der Waals surface area contributed by atoms with Crippen LogP contribution >= 0.6 is 0 Å². The summed E-state index contributed by atoms with van der Waals surface area (Å²) >= 11 is 0. The number of rotatable bonds is 2. The van der Waals surface area contributed by atoms with Crippen LogP contribution in [0.3, 0.4) is 0 Å². The summed E-state index contributed by atoms with van der Waals surface area (Å²) in [6.07, 6.45) is 4.76. The molecule has 1 aromatic heterocycles. The largest absolute Gasteiger partial charge is 0.356 e. The number of hydrogen-bond donors (Lipinski definition) is 0. The van der Waals surface area contributed by atoms with Crippen molar-refractivity contribution in [2.75, 3.05) is 6.61 Å². The Kier molecular flexibility index (Phi) is 2.71. The van der Waals surface area contributed by atoms with Gasteiger partial charge in [0.15, 0.2) is 6.23 Å². The Bertz CT molecular complexity index is 587. The first-order valence-corrected chi connectivity index (χ1v) is 5.99. The third-order valence-electron chi connectivity index (χ3n) is 3.22. The SMILES string of the molecule is O=[N+]([O-])c1ccc2c(cnn2[C@H]2CCCCO2)c1. The molecule has 1 saturated heterocycles. The molecule has 0 saturated carbocycles. The molecule has 6 heteroatoms. The molecule has 94 valence electrons. The van der Waals surface area contributed by atoms with Gasteiger partial charge in [0.05, 0.1) is 16.6 Å². The summed E-state index contributed by atoms with van der Waals surface area (Å²) in [5.41, 5.74) is 0.971. The normalized spacial score (nSPS) is 20.1. The van der Waals surface area contributed by atoms with E-state index in [1.165, 1.54) is 6.07 Å². The molecule has 1 aliphatic heterocycles. The number of non-ortho nitro benzene ring substituents is 1. The Morgan fingerprint density at radius 1 is 1.44 bits per heavy atom. The standard InChI is InChI=1S/C12H13N3O3/c16-15(17)10-4-5-11-9(7-10)8-13-14(11)12-3-1-2-6-18-12/h4-5,7-8,12H,1-3,6H2/t12-/m1/s1. The highest BCUT2D eigenvalue weighted by Crippen LogP contribution is 2.27. The third kappa shape index (κ3) is 1.84. The number of nitro groups is 1. The Balaban J connectivity index is 2.01. The summed E-state index contributed by atoms with van der Waals surface area (Å²) in [6.45, 7) is 0.749. The predicted octanol–water partition coefficient (Wildman–Crippen LogP) is 2.64. The van der Waals surface area contributed by atoms with Crippen molar-refractivity contribution in [3.63, 3.8) is 0 Å². The molecule has 1 fully saturated rings. The van der Waals surface area contributed by atoms with Crippen LogP contribution in [0.15, 0.2) is 24.4 Å². The van der Waals surface area contributed by atoms with Crippen molar-refractivity contribution in [3.05, 3.63) is 34.5 Å². The Morgan fingerprint density at radius 3 is 3.06 bits per heavy atom. The zero-order chi connectivity index (χ0) is 12.5. The van der Waals surface area contributed by atoms with Crippen LogP contribution in [-0.2, 0) is 4.74 Å². The zero-order valence-electron chi connectivity index (χ0n) is 9.78. The first kappa shape index (κ1) is 11.2. The van der Waals surface area contributed by atoms with E-state index >= 15 is 0 Å². The summed E-state index contributed by atoms with van der Waals surface area (Å²) in [5.74, 6) is 0. The third-order valence-corrected chi connectivity index (χ3v) is 3.22. The maximum absolute atomic E-state index is 10.7. The van der Waals surface area contributed by atoms with E-state index in [4.69, 9.17) is 4.74 Å². The number of nitro benzene ring substituents is 1. The minimum Gasteiger partial charge on any atom is -0.356 e.